The molecule has 1 N–H and O–H groups in total. The molecule has 2 spiro atoms. The van der Waals surface area contributed by atoms with Crippen LogP contribution in [-0.4, -0.2) is 47.4 Å². The molecule has 266 valence electrons. The first-order chi connectivity index (χ1) is 23.2. The van der Waals surface area contributed by atoms with Crippen LogP contribution in [0, 0.1) is 57.2 Å². The van der Waals surface area contributed by atoms with E-state index in [0.717, 1.165) is 43.4 Å². The van der Waals surface area contributed by atoms with Crippen molar-refractivity contribution in [3.8, 4) is 0 Å². The third-order valence-corrected chi connectivity index (χ3v) is 14.4. The fraction of sp³-hybridized carbons (Fsp3) is 0.659. The molecule has 5 aliphatic carbocycles. The standard InChI is InChI=1S/C41H55NO7/c1-24(21-43)25(2)36(46)37(49-29(6)45)27(4)35-33(48-28(5)44)20-39(8)34-15-14-31-26(3)32(42-47-22-30-12-10-9-11-13-30)16-17-40(31)23-41(34,40)19-18-38(35,39)7/h9-13,16-17,24,26-27,31,33-35,37,43H,2,14-15,18-23H2,1,3-8H3/t24-,26-,27-,31-,33-,34-,35-,37+,38+,39-,40+,41-/m0/s1. The minimum atomic E-state index is -1.08. The van der Waals surface area contributed by atoms with E-state index in [4.69, 9.17) is 14.3 Å². The summed E-state index contributed by atoms with van der Waals surface area (Å²) in [4.78, 5) is 44.7. The maximum Gasteiger partial charge on any atom is 0.303 e. The van der Waals surface area contributed by atoms with E-state index >= 15 is 0 Å². The third kappa shape index (κ3) is 5.51. The minimum Gasteiger partial charge on any atom is -0.462 e. The largest absolute Gasteiger partial charge is 0.462 e. The van der Waals surface area contributed by atoms with Gasteiger partial charge in [-0.15, -0.1) is 0 Å². The van der Waals surface area contributed by atoms with Gasteiger partial charge in [0.25, 0.3) is 0 Å². The Kier molecular flexibility index (Phi) is 9.30. The van der Waals surface area contributed by atoms with E-state index < -0.39 is 30.0 Å². The molecule has 4 fully saturated rings. The molecule has 6 rings (SSSR count). The molecule has 49 heavy (non-hydrogen) atoms. The normalized spacial score (nSPS) is 39.7. The number of rotatable bonds is 11. The molecule has 0 saturated heterocycles. The van der Waals surface area contributed by atoms with Crippen molar-refractivity contribution in [2.75, 3.05) is 6.61 Å². The summed E-state index contributed by atoms with van der Waals surface area (Å²) in [7, 11) is 0. The lowest BCUT2D eigenvalue weighted by Crippen LogP contribution is -2.56. The Morgan fingerprint density at radius 2 is 1.76 bits per heavy atom. The van der Waals surface area contributed by atoms with Crippen molar-refractivity contribution in [3.63, 3.8) is 0 Å². The first kappa shape index (κ1) is 35.6. The van der Waals surface area contributed by atoms with Crippen LogP contribution in [-0.2, 0) is 35.3 Å². The molecule has 0 aromatic heterocycles. The van der Waals surface area contributed by atoms with Gasteiger partial charge in [-0.1, -0.05) is 82.8 Å². The average Bonchev–Trinajstić information content (AvgIpc) is 3.67. The number of nitrogens with zero attached hydrogens (tertiary/aromatic N) is 1. The van der Waals surface area contributed by atoms with Crippen LogP contribution in [0.4, 0.5) is 0 Å². The first-order valence-electron chi connectivity index (χ1n) is 18.3. The van der Waals surface area contributed by atoms with Crippen LogP contribution in [0.1, 0.15) is 92.6 Å². The summed E-state index contributed by atoms with van der Waals surface area (Å²) in [5, 5.41) is 14.4. The number of allylic oxidation sites excluding steroid dienone is 2. The molecule has 5 aliphatic rings. The van der Waals surface area contributed by atoms with Crippen molar-refractivity contribution < 1.29 is 33.8 Å². The molecular weight excluding hydrogens is 618 g/mol. The Morgan fingerprint density at radius 3 is 2.41 bits per heavy atom. The van der Waals surface area contributed by atoms with E-state index in [2.05, 4.69) is 44.7 Å². The summed E-state index contributed by atoms with van der Waals surface area (Å²) in [6.07, 6.45) is 9.21. The molecule has 8 heteroatoms. The highest BCUT2D eigenvalue weighted by molar-refractivity contribution is 6.00. The van der Waals surface area contributed by atoms with Crippen molar-refractivity contribution in [2.45, 2.75) is 106 Å². The Bertz CT molecular complexity index is 1550. The molecule has 0 aliphatic heterocycles. The predicted molar refractivity (Wildman–Crippen MR) is 187 cm³/mol. The van der Waals surface area contributed by atoms with Gasteiger partial charge in [-0.2, -0.15) is 0 Å². The van der Waals surface area contributed by atoms with E-state index in [1.165, 1.54) is 13.8 Å². The topological polar surface area (TPSA) is 111 Å². The van der Waals surface area contributed by atoms with Crippen LogP contribution in [0.2, 0.25) is 0 Å². The lowest BCUT2D eigenvalue weighted by molar-refractivity contribution is -0.166. The van der Waals surface area contributed by atoms with Gasteiger partial charge in [0, 0.05) is 44.1 Å². The zero-order valence-electron chi connectivity index (χ0n) is 30.4. The molecule has 0 bridgehead atoms. The maximum absolute atomic E-state index is 13.9. The molecule has 1 aromatic carbocycles. The average molecular weight is 674 g/mol. The lowest BCUT2D eigenvalue weighted by Gasteiger charge is -2.61. The van der Waals surface area contributed by atoms with Gasteiger partial charge in [-0.3, -0.25) is 14.4 Å². The number of ether oxygens (including phenoxy) is 2. The number of carbonyl (C=O) groups is 3. The number of hydrogen-bond acceptors (Lipinski definition) is 8. The molecule has 0 radical (unpaired) electrons. The van der Waals surface area contributed by atoms with Gasteiger partial charge in [0.2, 0.25) is 0 Å². The number of benzene rings is 1. The van der Waals surface area contributed by atoms with Crippen LogP contribution < -0.4 is 0 Å². The van der Waals surface area contributed by atoms with E-state index in [1.54, 1.807) is 6.92 Å². The summed E-state index contributed by atoms with van der Waals surface area (Å²) in [6, 6.07) is 10.1. The summed E-state index contributed by atoms with van der Waals surface area (Å²) in [5.41, 5.74) is 2.20. The number of hydrogen-bond donors (Lipinski definition) is 1. The summed E-state index contributed by atoms with van der Waals surface area (Å²) in [6.45, 7) is 17.7. The second kappa shape index (κ2) is 12.8. The smallest absolute Gasteiger partial charge is 0.303 e. The van der Waals surface area contributed by atoms with Crippen molar-refractivity contribution in [2.24, 2.45) is 62.3 Å². The lowest BCUT2D eigenvalue weighted by atomic mass is 9.43. The summed E-state index contributed by atoms with van der Waals surface area (Å²) >= 11 is 0. The van der Waals surface area contributed by atoms with Gasteiger partial charge in [0.15, 0.2) is 11.9 Å². The summed E-state index contributed by atoms with van der Waals surface area (Å²) < 4.78 is 12.0. The van der Waals surface area contributed by atoms with E-state index in [9.17, 15) is 19.5 Å². The Hall–Kier alpha value is -3.26. The first-order valence-corrected chi connectivity index (χ1v) is 18.3. The maximum atomic E-state index is 13.9. The fourth-order valence-electron chi connectivity index (χ4n) is 11.8. The van der Waals surface area contributed by atoms with Gasteiger partial charge >= 0.3 is 11.9 Å². The highest BCUT2D eigenvalue weighted by Gasteiger charge is 2.81. The zero-order valence-corrected chi connectivity index (χ0v) is 30.4. The number of fused-ring (bicyclic) bond motifs is 2. The molecule has 8 nitrogen and oxygen atoms in total. The molecule has 4 saturated carbocycles. The monoisotopic (exact) mass is 673 g/mol. The highest BCUT2D eigenvalue weighted by Crippen LogP contribution is 2.87. The molecule has 0 heterocycles. The van der Waals surface area contributed by atoms with Crippen molar-refractivity contribution >= 4 is 23.4 Å². The fourth-order valence-corrected chi connectivity index (χ4v) is 11.8. The van der Waals surface area contributed by atoms with Crippen molar-refractivity contribution in [3.05, 3.63) is 60.2 Å². The number of carbonyl (C=O) groups excluding carboxylic acids is 3. The molecule has 0 amide bonds. The molecule has 1 aromatic rings. The van der Waals surface area contributed by atoms with Crippen LogP contribution in [0.5, 0.6) is 0 Å². The molecular formula is C41H55NO7. The van der Waals surface area contributed by atoms with Crippen LogP contribution in [0.15, 0.2) is 59.8 Å². The number of esters is 2. The van der Waals surface area contributed by atoms with Crippen molar-refractivity contribution in [1.29, 1.82) is 0 Å². The molecule has 0 unspecified atom stereocenters. The quantitative estimate of drug-likeness (QED) is 0.150. The number of aliphatic hydroxyl groups is 1. The van der Waals surface area contributed by atoms with Gasteiger partial charge in [0.05, 0.1) is 5.71 Å². The number of aliphatic hydroxyl groups excluding tert-OH is 1. The Balaban J connectivity index is 1.30. The Labute approximate surface area is 291 Å². The van der Waals surface area contributed by atoms with E-state index in [-0.39, 0.29) is 57.4 Å². The second-order valence-corrected chi connectivity index (χ2v) is 16.6. The highest BCUT2D eigenvalue weighted by atomic mass is 16.6. The van der Waals surface area contributed by atoms with Gasteiger partial charge in [-0.05, 0) is 89.2 Å². The van der Waals surface area contributed by atoms with Crippen molar-refractivity contribution in [1.82, 2.24) is 0 Å². The second-order valence-electron chi connectivity index (χ2n) is 16.6. The van der Waals surface area contributed by atoms with E-state index in [1.807, 2.05) is 37.3 Å². The summed E-state index contributed by atoms with van der Waals surface area (Å²) in [5.74, 6) is -1.16. The van der Waals surface area contributed by atoms with Crippen LogP contribution >= 0.6 is 0 Å². The van der Waals surface area contributed by atoms with Crippen LogP contribution in [0.25, 0.3) is 0 Å². The molecule has 12 atom stereocenters. The predicted octanol–water partition coefficient (Wildman–Crippen LogP) is 7.25. The van der Waals surface area contributed by atoms with E-state index in [0.29, 0.717) is 24.9 Å². The number of ketones is 1. The van der Waals surface area contributed by atoms with Gasteiger partial charge in [0.1, 0.15) is 12.7 Å². The number of Topliss-reactive ketones (excluding diaryl/α,β-unsaturated/α-hetero) is 1. The SMILES string of the molecule is C=C(C(=O)[C@H](OC(C)=O)[C@@H](C)[C@H]1[C@@H](OC(C)=O)C[C@@]2(C)[C@@H]3CC[C@H]4[C@H](C)C(=NOCc5ccccc5)C=C[C@@]45C[C@@]35CC[C@]12C)[C@@H](C)CO. The van der Waals surface area contributed by atoms with Crippen LogP contribution in [0.3, 0.4) is 0 Å². The third-order valence-electron chi connectivity index (χ3n) is 14.4. The number of oxime groups is 1. The van der Waals surface area contributed by atoms with Gasteiger partial charge in [-0.25, -0.2) is 0 Å². The Morgan fingerprint density at radius 1 is 1.04 bits per heavy atom. The minimum absolute atomic E-state index is 0.118. The van der Waals surface area contributed by atoms with Gasteiger partial charge < -0.3 is 19.4 Å². The zero-order chi connectivity index (χ0) is 35.5.